The van der Waals surface area contributed by atoms with Gasteiger partial charge in [0.05, 0.1) is 0 Å². The van der Waals surface area contributed by atoms with E-state index < -0.39 is 12.1 Å². The average molecular weight is 293 g/mol. The van der Waals surface area contributed by atoms with Gasteiger partial charge in [0, 0.05) is 12.5 Å². The number of rotatable bonds is 8. The number of amides is 1. The van der Waals surface area contributed by atoms with Crippen LogP contribution in [0.25, 0.3) is 0 Å². The summed E-state index contributed by atoms with van der Waals surface area (Å²) in [5.41, 5.74) is 1.13. The monoisotopic (exact) mass is 293 g/mol. The van der Waals surface area contributed by atoms with Crippen molar-refractivity contribution in [3.8, 4) is 5.75 Å². The van der Waals surface area contributed by atoms with Crippen LogP contribution in [0, 0.1) is 6.92 Å². The maximum Gasteiger partial charge on any atom is 0.303 e. The van der Waals surface area contributed by atoms with Crippen molar-refractivity contribution < 1.29 is 19.4 Å². The van der Waals surface area contributed by atoms with E-state index in [-0.39, 0.29) is 18.4 Å². The van der Waals surface area contributed by atoms with Crippen LogP contribution >= 0.6 is 0 Å². The van der Waals surface area contributed by atoms with E-state index in [9.17, 15) is 9.59 Å². The van der Waals surface area contributed by atoms with Crippen LogP contribution in [0.1, 0.15) is 38.7 Å². The first-order valence-corrected chi connectivity index (χ1v) is 7.14. The van der Waals surface area contributed by atoms with Gasteiger partial charge in [0.2, 0.25) is 0 Å². The number of carboxylic acids is 1. The summed E-state index contributed by atoms with van der Waals surface area (Å²) in [5, 5.41) is 11.4. The zero-order valence-corrected chi connectivity index (χ0v) is 12.8. The van der Waals surface area contributed by atoms with E-state index >= 15 is 0 Å². The first kappa shape index (κ1) is 17.0. The Morgan fingerprint density at radius 2 is 1.86 bits per heavy atom. The lowest BCUT2D eigenvalue weighted by Gasteiger charge is -2.18. The van der Waals surface area contributed by atoms with Gasteiger partial charge in [0.1, 0.15) is 5.75 Å². The van der Waals surface area contributed by atoms with Crippen LogP contribution in [0.5, 0.6) is 5.75 Å². The van der Waals surface area contributed by atoms with E-state index in [4.69, 9.17) is 9.84 Å². The van der Waals surface area contributed by atoms with Crippen LogP contribution in [-0.4, -0.2) is 29.1 Å². The normalized spacial score (nSPS) is 13.3. The van der Waals surface area contributed by atoms with Crippen molar-refractivity contribution in [2.75, 3.05) is 0 Å². The molecule has 1 aromatic rings. The Kier molecular flexibility index (Phi) is 6.72. The summed E-state index contributed by atoms with van der Waals surface area (Å²) in [4.78, 5) is 22.4. The number of carboxylic acid groups (broad SMARTS) is 1. The number of nitrogens with one attached hydrogen (secondary N) is 1. The van der Waals surface area contributed by atoms with E-state index in [0.29, 0.717) is 18.6 Å². The molecule has 0 spiro atoms. The molecule has 5 nitrogen and oxygen atoms in total. The van der Waals surface area contributed by atoms with Crippen LogP contribution < -0.4 is 10.1 Å². The second-order valence-corrected chi connectivity index (χ2v) is 5.27. The van der Waals surface area contributed by atoms with Gasteiger partial charge in [-0.15, -0.1) is 0 Å². The molecule has 0 bridgehead atoms. The molecule has 21 heavy (non-hydrogen) atoms. The predicted octanol–water partition coefficient (Wildman–Crippen LogP) is 2.52. The number of aryl methyl sites for hydroxylation is 1. The second-order valence-electron chi connectivity index (χ2n) is 5.27. The van der Waals surface area contributed by atoms with Crippen LogP contribution in [-0.2, 0) is 9.59 Å². The zero-order chi connectivity index (χ0) is 15.8. The Bertz CT molecular complexity index is 470. The maximum absolute atomic E-state index is 12.0. The summed E-state index contributed by atoms with van der Waals surface area (Å²) in [6.07, 6.45) is 0.712. The van der Waals surface area contributed by atoms with Gasteiger partial charge in [-0.25, -0.2) is 0 Å². The first-order valence-electron chi connectivity index (χ1n) is 7.14. The molecule has 0 aliphatic rings. The third-order valence-corrected chi connectivity index (χ3v) is 3.12. The molecule has 0 aromatic heterocycles. The van der Waals surface area contributed by atoms with Crippen molar-refractivity contribution in [1.29, 1.82) is 0 Å². The third-order valence-electron chi connectivity index (χ3n) is 3.12. The van der Waals surface area contributed by atoms with E-state index in [1.54, 1.807) is 6.92 Å². The fourth-order valence-electron chi connectivity index (χ4n) is 1.87. The van der Waals surface area contributed by atoms with Crippen molar-refractivity contribution >= 4 is 11.9 Å². The minimum Gasteiger partial charge on any atom is -0.481 e. The molecule has 2 unspecified atom stereocenters. The quantitative estimate of drug-likeness (QED) is 0.772. The molecule has 0 radical (unpaired) electrons. The second kappa shape index (κ2) is 8.29. The number of benzene rings is 1. The minimum atomic E-state index is -0.815. The molecule has 0 aliphatic heterocycles. The summed E-state index contributed by atoms with van der Waals surface area (Å²) in [6, 6.07) is 7.44. The number of aliphatic carboxylic acids is 1. The molecular weight excluding hydrogens is 270 g/mol. The van der Waals surface area contributed by atoms with Crippen LogP contribution in [0.2, 0.25) is 0 Å². The summed E-state index contributed by atoms with van der Waals surface area (Å²) in [5.74, 6) is -0.357. The van der Waals surface area contributed by atoms with Gasteiger partial charge in [-0.2, -0.15) is 0 Å². The van der Waals surface area contributed by atoms with Crippen molar-refractivity contribution in [2.45, 2.75) is 52.2 Å². The molecule has 0 saturated heterocycles. The largest absolute Gasteiger partial charge is 0.481 e. The maximum atomic E-state index is 12.0. The SMILES string of the molecule is Cc1ccc(OC(C)C(=O)NC(C)CCCC(=O)O)cc1. The Morgan fingerprint density at radius 3 is 2.43 bits per heavy atom. The van der Waals surface area contributed by atoms with Crippen LogP contribution in [0.15, 0.2) is 24.3 Å². The Morgan fingerprint density at radius 1 is 1.24 bits per heavy atom. The predicted molar refractivity (Wildman–Crippen MR) is 80.4 cm³/mol. The van der Waals surface area contributed by atoms with Gasteiger partial charge in [-0.1, -0.05) is 17.7 Å². The average Bonchev–Trinajstić information content (AvgIpc) is 2.40. The zero-order valence-electron chi connectivity index (χ0n) is 12.8. The van der Waals surface area contributed by atoms with Gasteiger partial charge in [0.25, 0.3) is 5.91 Å². The highest BCUT2D eigenvalue weighted by Crippen LogP contribution is 2.13. The molecule has 116 valence electrons. The molecule has 0 fully saturated rings. The molecule has 1 aromatic carbocycles. The van der Waals surface area contributed by atoms with Gasteiger partial charge in [-0.05, 0) is 45.7 Å². The number of hydrogen-bond acceptors (Lipinski definition) is 3. The number of ether oxygens (including phenoxy) is 1. The smallest absolute Gasteiger partial charge is 0.303 e. The molecule has 2 N–H and O–H groups in total. The molecule has 5 heteroatoms. The molecule has 1 amide bonds. The van der Waals surface area contributed by atoms with E-state index in [2.05, 4.69) is 5.32 Å². The molecule has 0 aliphatic carbocycles. The first-order chi connectivity index (χ1) is 9.88. The third kappa shape index (κ3) is 6.79. The molecule has 1 rings (SSSR count). The lowest BCUT2D eigenvalue weighted by molar-refractivity contribution is -0.137. The topological polar surface area (TPSA) is 75.6 Å². The minimum absolute atomic E-state index is 0.0686. The Hall–Kier alpha value is -2.04. The molecule has 0 saturated carbocycles. The molecular formula is C16H23NO4. The lowest BCUT2D eigenvalue weighted by atomic mass is 10.1. The summed E-state index contributed by atoms with van der Waals surface area (Å²) in [7, 11) is 0. The summed E-state index contributed by atoms with van der Waals surface area (Å²) < 4.78 is 5.57. The molecule has 0 heterocycles. The van der Waals surface area contributed by atoms with Gasteiger partial charge in [0.15, 0.2) is 6.10 Å². The van der Waals surface area contributed by atoms with Gasteiger partial charge < -0.3 is 15.2 Å². The standard InChI is InChI=1S/C16H23NO4/c1-11-7-9-14(10-8-11)21-13(3)16(20)17-12(2)5-4-6-15(18)19/h7-10,12-13H,4-6H2,1-3H3,(H,17,20)(H,18,19). The fourth-order valence-corrected chi connectivity index (χ4v) is 1.87. The van der Waals surface area contributed by atoms with Gasteiger partial charge in [-0.3, -0.25) is 9.59 Å². The number of carbonyl (C=O) groups excluding carboxylic acids is 1. The van der Waals surface area contributed by atoms with Crippen molar-refractivity contribution in [3.63, 3.8) is 0 Å². The number of carbonyl (C=O) groups is 2. The highest BCUT2D eigenvalue weighted by Gasteiger charge is 2.16. The lowest BCUT2D eigenvalue weighted by Crippen LogP contribution is -2.41. The summed E-state index contributed by atoms with van der Waals surface area (Å²) in [6.45, 7) is 5.54. The van der Waals surface area contributed by atoms with Crippen molar-refractivity contribution in [2.24, 2.45) is 0 Å². The highest BCUT2D eigenvalue weighted by atomic mass is 16.5. The summed E-state index contributed by atoms with van der Waals surface area (Å²) >= 11 is 0. The van der Waals surface area contributed by atoms with Crippen molar-refractivity contribution in [3.05, 3.63) is 29.8 Å². The van der Waals surface area contributed by atoms with E-state index in [0.717, 1.165) is 5.56 Å². The Labute approximate surface area is 125 Å². The number of hydrogen-bond donors (Lipinski definition) is 2. The van der Waals surface area contributed by atoms with Crippen molar-refractivity contribution in [1.82, 2.24) is 5.32 Å². The van der Waals surface area contributed by atoms with Crippen LogP contribution in [0.3, 0.4) is 0 Å². The van der Waals surface area contributed by atoms with E-state index in [1.807, 2.05) is 38.1 Å². The molecule has 2 atom stereocenters. The van der Waals surface area contributed by atoms with Gasteiger partial charge >= 0.3 is 5.97 Å². The fraction of sp³-hybridized carbons (Fsp3) is 0.500. The van der Waals surface area contributed by atoms with Crippen LogP contribution in [0.4, 0.5) is 0 Å². The van der Waals surface area contributed by atoms with E-state index in [1.165, 1.54) is 0 Å². The highest BCUT2D eigenvalue weighted by molar-refractivity contribution is 5.80. The Balaban J connectivity index is 2.36.